The third-order valence-electron chi connectivity index (χ3n) is 0. The second-order valence-electron chi connectivity index (χ2n) is 0.392. The van der Waals surface area contributed by atoms with E-state index in [2.05, 4.69) is 6.58 Å². The molecule has 4 nitrogen and oxygen atoms in total. The van der Waals surface area contributed by atoms with E-state index in [4.69, 9.17) is 26.9 Å². The molecule has 0 atom stereocenters. The first-order chi connectivity index (χ1) is 3.15. The Morgan fingerprint density at radius 3 is 2.00 bits per heavy atom. The highest BCUT2D eigenvalue weighted by Crippen LogP contribution is 1.60. The number of halogens is 1. The maximum absolute atomic E-state index is 8.36. The van der Waals surface area contributed by atoms with Gasteiger partial charge in [0.2, 0.25) is 0 Å². The van der Waals surface area contributed by atoms with E-state index in [0.717, 1.165) is 0 Å². The maximum Gasteiger partial charge on any atom is 0.291 e. The SMILES string of the molecule is C=CCl.O=[N+]([O-])O. The number of hydrogen-bond donors (Lipinski definition) is 1. The van der Waals surface area contributed by atoms with Gasteiger partial charge < -0.3 is 5.21 Å². The van der Waals surface area contributed by atoms with Gasteiger partial charge in [-0.15, -0.1) is 10.1 Å². The fraction of sp³-hybridized carbons (Fsp3) is 0. The van der Waals surface area contributed by atoms with Crippen LogP contribution >= 0.6 is 11.6 Å². The van der Waals surface area contributed by atoms with E-state index in [-0.39, 0.29) is 0 Å². The summed E-state index contributed by atoms with van der Waals surface area (Å²) in [6.45, 7) is 3.13. The van der Waals surface area contributed by atoms with Crippen LogP contribution in [0.15, 0.2) is 12.1 Å². The fourth-order valence-corrected chi connectivity index (χ4v) is 0. The van der Waals surface area contributed by atoms with Crippen molar-refractivity contribution in [1.82, 2.24) is 0 Å². The molecule has 0 aromatic rings. The van der Waals surface area contributed by atoms with Crippen LogP contribution in [0, 0.1) is 10.1 Å². The zero-order valence-corrected chi connectivity index (χ0v) is 4.13. The topological polar surface area (TPSA) is 63.4 Å². The largest absolute Gasteiger partial charge is 0.328 e. The molecule has 1 N–H and O–H groups in total. The summed E-state index contributed by atoms with van der Waals surface area (Å²) in [4.78, 5) is 8.36. The molecule has 0 bridgehead atoms. The first-order valence-electron chi connectivity index (χ1n) is 1.19. The lowest BCUT2D eigenvalue weighted by Gasteiger charge is -1.56. The molecule has 0 aliphatic rings. The highest BCUT2D eigenvalue weighted by molar-refractivity contribution is 6.25. The van der Waals surface area contributed by atoms with Gasteiger partial charge in [0.1, 0.15) is 0 Å². The summed E-state index contributed by atoms with van der Waals surface area (Å²) < 4.78 is 0. The standard InChI is InChI=1S/C2H3Cl.HNO3/c1-2-3;2-1(3)4/h2H,1H2;(H,2,3,4). The summed E-state index contributed by atoms with van der Waals surface area (Å²) in [5.41, 5.74) is 1.22. The monoisotopic (exact) mass is 125 g/mol. The summed E-state index contributed by atoms with van der Waals surface area (Å²) in [5, 5.41) is 13.6. The Bertz CT molecular complexity index is 60.0. The van der Waals surface area contributed by atoms with Crippen molar-refractivity contribution in [2.24, 2.45) is 0 Å². The molecular weight excluding hydrogens is 121 g/mol. The first kappa shape index (κ1) is 9.52. The zero-order valence-electron chi connectivity index (χ0n) is 3.37. The van der Waals surface area contributed by atoms with E-state index in [1.54, 1.807) is 0 Å². The van der Waals surface area contributed by atoms with Crippen LogP contribution in [0.4, 0.5) is 0 Å². The van der Waals surface area contributed by atoms with Crippen LogP contribution in [0.25, 0.3) is 0 Å². The number of nitrogens with zero attached hydrogens (tertiary/aromatic N) is 1. The lowest BCUT2D eigenvalue weighted by Crippen LogP contribution is -1.81. The minimum atomic E-state index is -1.50. The molecule has 0 rings (SSSR count). The van der Waals surface area contributed by atoms with Gasteiger partial charge in [-0.3, -0.25) is 0 Å². The Kier molecular flexibility index (Phi) is 12.2. The Hall–Kier alpha value is -0.770. The molecule has 0 aliphatic heterocycles. The molecule has 0 amide bonds. The minimum Gasteiger partial charge on any atom is -0.328 e. The summed E-state index contributed by atoms with van der Waals surface area (Å²) in [5.74, 6) is 0. The van der Waals surface area contributed by atoms with E-state index in [1.165, 1.54) is 5.54 Å². The average Bonchev–Trinajstić information content (AvgIpc) is 1.33. The Labute approximate surface area is 45.1 Å². The van der Waals surface area contributed by atoms with Crippen molar-refractivity contribution in [3.63, 3.8) is 0 Å². The molecule has 0 aromatic heterocycles. The first-order valence-corrected chi connectivity index (χ1v) is 1.63. The van der Waals surface area contributed by atoms with Gasteiger partial charge >= 0.3 is 0 Å². The van der Waals surface area contributed by atoms with E-state index < -0.39 is 5.09 Å². The zero-order chi connectivity index (χ0) is 6.28. The van der Waals surface area contributed by atoms with Crippen LogP contribution in [0.1, 0.15) is 0 Å². The highest BCUT2D eigenvalue weighted by atomic mass is 35.5. The Morgan fingerprint density at radius 2 is 2.00 bits per heavy atom. The second-order valence-corrected chi connectivity index (χ2v) is 0.701. The number of hydrogen-bond acceptors (Lipinski definition) is 2. The fourth-order valence-electron chi connectivity index (χ4n) is 0. The molecule has 5 heteroatoms. The smallest absolute Gasteiger partial charge is 0.291 e. The van der Waals surface area contributed by atoms with Gasteiger partial charge in [0, 0.05) is 0 Å². The molecule has 0 radical (unpaired) electrons. The van der Waals surface area contributed by atoms with Crippen LogP contribution in [0.3, 0.4) is 0 Å². The van der Waals surface area contributed by atoms with Crippen molar-refractivity contribution in [1.29, 1.82) is 0 Å². The molecule has 0 aromatic carbocycles. The van der Waals surface area contributed by atoms with Gasteiger partial charge in [-0.05, 0) is 5.54 Å². The van der Waals surface area contributed by atoms with Crippen molar-refractivity contribution < 1.29 is 10.3 Å². The van der Waals surface area contributed by atoms with Gasteiger partial charge in [-0.2, -0.15) is 0 Å². The van der Waals surface area contributed by atoms with Crippen molar-refractivity contribution in [2.75, 3.05) is 0 Å². The van der Waals surface area contributed by atoms with Crippen LogP contribution in [0.2, 0.25) is 0 Å². The van der Waals surface area contributed by atoms with Gasteiger partial charge in [0.25, 0.3) is 5.09 Å². The summed E-state index contributed by atoms with van der Waals surface area (Å²) >= 11 is 4.76. The molecule has 0 unspecified atom stereocenters. The van der Waals surface area contributed by atoms with E-state index in [0.29, 0.717) is 0 Å². The molecular formula is C2H4ClNO3. The number of rotatable bonds is 0. The van der Waals surface area contributed by atoms with Crippen molar-refractivity contribution in [3.8, 4) is 0 Å². The lowest BCUT2D eigenvalue weighted by molar-refractivity contribution is -0.742. The Balaban J connectivity index is 0. The highest BCUT2D eigenvalue weighted by Gasteiger charge is 1.65. The van der Waals surface area contributed by atoms with Crippen LogP contribution < -0.4 is 0 Å². The molecule has 0 saturated carbocycles. The van der Waals surface area contributed by atoms with Crippen LogP contribution in [-0.2, 0) is 0 Å². The van der Waals surface area contributed by atoms with Crippen LogP contribution in [0.5, 0.6) is 0 Å². The average molecular weight is 126 g/mol. The van der Waals surface area contributed by atoms with Gasteiger partial charge in [-0.1, -0.05) is 18.2 Å². The van der Waals surface area contributed by atoms with Crippen LogP contribution in [-0.4, -0.2) is 10.3 Å². The van der Waals surface area contributed by atoms with Gasteiger partial charge in [-0.25, -0.2) is 0 Å². The molecule has 0 fully saturated rings. The molecule has 7 heavy (non-hydrogen) atoms. The molecule has 0 spiro atoms. The second kappa shape index (κ2) is 8.97. The minimum absolute atomic E-state index is 1.22. The third kappa shape index (κ3) is 92.0. The molecule has 0 heterocycles. The Morgan fingerprint density at radius 1 is 2.00 bits per heavy atom. The summed E-state index contributed by atoms with van der Waals surface area (Å²) in [6.07, 6.45) is 0. The van der Waals surface area contributed by atoms with Crippen molar-refractivity contribution in [3.05, 3.63) is 22.2 Å². The van der Waals surface area contributed by atoms with Crippen molar-refractivity contribution >= 4 is 11.6 Å². The van der Waals surface area contributed by atoms with Crippen molar-refractivity contribution in [2.45, 2.75) is 0 Å². The normalized spacial score (nSPS) is 5.29. The van der Waals surface area contributed by atoms with E-state index in [1.807, 2.05) is 0 Å². The predicted octanol–water partition coefficient (Wildman–Crippen LogP) is 1.02. The lowest BCUT2D eigenvalue weighted by atomic mass is 11.3. The van der Waals surface area contributed by atoms with Gasteiger partial charge in [0.05, 0.1) is 0 Å². The summed E-state index contributed by atoms with van der Waals surface area (Å²) in [7, 11) is 0. The predicted molar refractivity (Wildman–Crippen MR) is 24.8 cm³/mol. The maximum atomic E-state index is 8.36. The third-order valence-corrected chi connectivity index (χ3v) is 0. The summed E-state index contributed by atoms with van der Waals surface area (Å²) in [6, 6.07) is 0. The molecule has 0 aliphatic carbocycles. The van der Waals surface area contributed by atoms with Gasteiger partial charge in [0.15, 0.2) is 0 Å². The molecule has 42 valence electrons. The quantitative estimate of drug-likeness (QED) is 0.388. The van der Waals surface area contributed by atoms with E-state index >= 15 is 0 Å². The van der Waals surface area contributed by atoms with E-state index in [9.17, 15) is 0 Å². The molecule has 0 saturated heterocycles.